The highest BCUT2D eigenvalue weighted by Crippen LogP contribution is 1.97. The first-order valence-corrected chi connectivity index (χ1v) is 6.84. The monoisotopic (exact) mass is 302 g/mol. The molecule has 21 heavy (non-hydrogen) atoms. The molecule has 120 valence electrons. The Hall–Kier alpha value is -1.87. The van der Waals surface area contributed by atoms with Crippen LogP contribution < -0.4 is 16.4 Å². The first-order valence-electron chi connectivity index (χ1n) is 6.84. The van der Waals surface area contributed by atoms with Gasteiger partial charge in [-0.1, -0.05) is 0 Å². The molecule has 1 fully saturated rings. The van der Waals surface area contributed by atoms with E-state index in [1.807, 2.05) is 0 Å². The van der Waals surface area contributed by atoms with Crippen LogP contribution in [0.5, 0.6) is 0 Å². The molecule has 1 aliphatic heterocycles. The average molecular weight is 302 g/mol. The van der Waals surface area contributed by atoms with Crippen molar-refractivity contribution in [2.75, 3.05) is 39.4 Å². The Bertz CT molecular complexity index is 371. The van der Waals surface area contributed by atoms with Crippen LogP contribution in [0.25, 0.3) is 0 Å². The minimum absolute atomic E-state index is 0.423. The van der Waals surface area contributed by atoms with Crippen LogP contribution >= 0.6 is 0 Å². The van der Waals surface area contributed by atoms with Crippen LogP contribution in [0.4, 0.5) is 4.79 Å². The first-order chi connectivity index (χ1) is 9.99. The smallest absolute Gasteiger partial charge is 0.326 e. The van der Waals surface area contributed by atoms with Crippen LogP contribution in [0.1, 0.15) is 12.8 Å². The van der Waals surface area contributed by atoms with Crippen molar-refractivity contribution in [3.05, 3.63) is 0 Å². The van der Waals surface area contributed by atoms with Crippen LogP contribution in [-0.4, -0.2) is 73.3 Å². The molecule has 0 aromatic rings. The molecule has 0 saturated carbocycles. The molecule has 0 aliphatic carbocycles. The largest absolute Gasteiger partial charge is 0.480 e. The molecule has 0 bridgehead atoms. The van der Waals surface area contributed by atoms with E-state index in [-0.39, 0.29) is 0 Å². The molecule has 0 radical (unpaired) electrons. The summed E-state index contributed by atoms with van der Waals surface area (Å²) in [5.74, 6) is -2.08. The van der Waals surface area contributed by atoms with Gasteiger partial charge in [-0.25, -0.2) is 9.59 Å². The maximum Gasteiger partial charge on any atom is 0.326 e. The van der Waals surface area contributed by atoms with Gasteiger partial charge in [-0.2, -0.15) is 0 Å². The number of carbonyl (C=O) groups is 3. The maximum atomic E-state index is 11.5. The summed E-state index contributed by atoms with van der Waals surface area (Å²) in [6.07, 6.45) is 0.317. The Kier molecular flexibility index (Phi) is 7.48. The minimum atomic E-state index is -1.30. The summed E-state index contributed by atoms with van der Waals surface area (Å²) in [5, 5.41) is 13.6. The number of nitrogens with one attached hydrogen (secondary N) is 2. The number of hydrogen-bond donors (Lipinski definition) is 4. The second-order valence-electron chi connectivity index (χ2n) is 4.77. The zero-order chi connectivity index (χ0) is 15.7. The third kappa shape index (κ3) is 7.47. The van der Waals surface area contributed by atoms with Crippen molar-refractivity contribution in [2.45, 2.75) is 18.9 Å². The molecule has 1 heterocycles. The molecule has 1 rings (SSSR count). The number of carbonyl (C=O) groups excluding carboxylic acids is 2. The van der Waals surface area contributed by atoms with Crippen LogP contribution in [0.3, 0.4) is 0 Å². The fourth-order valence-corrected chi connectivity index (χ4v) is 1.94. The summed E-state index contributed by atoms with van der Waals surface area (Å²) in [4.78, 5) is 35.3. The van der Waals surface area contributed by atoms with Gasteiger partial charge in [0.15, 0.2) is 0 Å². The second kappa shape index (κ2) is 9.14. The van der Waals surface area contributed by atoms with Crippen LogP contribution in [0, 0.1) is 0 Å². The van der Waals surface area contributed by atoms with E-state index in [0.29, 0.717) is 6.54 Å². The number of carboxylic acid groups (broad SMARTS) is 1. The maximum absolute atomic E-state index is 11.5. The van der Waals surface area contributed by atoms with Crippen molar-refractivity contribution in [2.24, 2.45) is 5.73 Å². The van der Waals surface area contributed by atoms with Gasteiger partial charge in [-0.15, -0.1) is 0 Å². The second-order valence-corrected chi connectivity index (χ2v) is 4.77. The molecule has 1 unspecified atom stereocenters. The zero-order valence-electron chi connectivity index (χ0n) is 11.8. The Labute approximate surface area is 122 Å². The number of nitrogens with two attached hydrogens (primary N) is 1. The van der Waals surface area contributed by atoms with Gasteiger partial charge in [0, 0.05) is 19.6 Å². The van der Waals surface area contributed by atoms with E-state index in [0.717, 1.165) is 39.3 Å². The number of nitrogens with zero attached hydrogens (tertiary/aromatic N) is 1. The molecule has 0 aromatic carbocycles. The highest BCUT2D eigenvalue weighted by atomic mass is 16.5. The highest BCUT2D eigenvalue weighted by Gasteiger charge is 2.21. The molecule has 0 spiro atoms. The van der Waals surface area contributed by atoms with E-state index >= 15 is 0 Å². The molecule has 1 saturated heterocycles. The fraction of sp³-hybridized carbons (Fsp3) is 0.750. The molecule has 0 aromatic heterocycles. The number of aliphatic carboxylic acids is 1. The molecule has 5 N–H and O–H groups in total. The van der Waals surface area contributed by atoms with Gasteiger partial charge < -0.3 is 26.2 Å². The Morgan fingerprint density at radius 1 is 1.29 bits per heavy atom. The Balaban J connectivity index is 2.16. The molecule has 1 aliphatic rings. The summed E-state index contributed by atoms with van der Waals surface area (Å²) >= 11 is 0. The summed E-state index contributed by atoms with van der Waals surface area (Å²) in [6.45, 7) is 4.47. The van der Waals surface area contributed by atoms with Gasteiger partial charge >= 0.3 is 12.0 Å². The third-order valence-electron chi connectivity index (χ3n) is 3.05. The van der Waals surface area contributed by atoms with E-state index in [1.54, 1.807) is 0 Å². The van der Waals surface area contributed by atoms with Crippen LogP contribution in [0.2, 0.25) is 0 Å². The van der Waals surface area contributed by atoms with Crippen LogP contribution in [0.15, 0.2) is 0 Å². The molecule has 1 atom stereocenters. The Morgan fingerprint density at radius 3 is 2.52 bits per heavy atom. The molecular weight excluding hydrogens is 280 g/mol. The third-order valence-corrected chi connectivity index (χ3v) is 3.05. The number of carboxylic acids is 1. The summed E-state index contributed by atoms with van der Waals surface area (Å²) in [7, 11) is 0. The predicted molar refractivity (Wildman–Crippen MR) is 73.6 cm³/mol. The van der Waals surface area contributed by atoms with Gasteiger partial charge in [-0.05, 0) is 13.0 Å². The lowest BCUT2D eigenvalue weighted by atomic mass is 10.2. The van der Waals surface area contributed by atoms with Gasteiger partial charge in [-0.3, -0.25) is 9.69 Å². The zero-order valence-corrected chi connectivity index (χ0v) is 11.8. The first kappa shape index (κ1) is 17.2. The van der Waals surface area contributed by atoms with E-state index in [9.17, 15) is 14.4 Å². The number of hydrogen-bond acceptors (Lipinski definition) is 5. The quantitative estimate of drug-likeness (QED) is 0.396. The number of morpholine rings is 1. The number of rotatable bonds is 8. The van der Waals surface area contributed by atoms with Gasteiger partial charge in [0.1, 0.15) is 6.04 Å². The van der Waals surface area contributed by atoms with Gasteiger partial charge in [0.05, 0.1) is 19.6 Å². The summed E-state index contributed by atoms with van der Waals surface area (Å²) in [6, 6.07) is -1.92. The lowest BCUT2D eigenvalue weighted by Gasteiger charge is -2.26. The van der Waals surface area contributed by atoms with E-state index in [2.05, 4.69) is 15.5 Å². The highest BCUT2D eigenvalue weighted by molar-refractivity contribution is 5.87. The lowest BCUT2D eigenvalue weighted by Crippen LogP contribution is -2.48. The predicted octanol–water partition coefficient (Wildman–Crippen LogP) is -1.66. The average Bonchev–Trinajstić information content (AvgIpc) is 2.43. The van der Waals surface area contributed by atoms with Crippen molar-refractivity contribution >= 4 is 17.9 Å². The topological polar surface area (TPSA) is 134 Å². The van der Waals surface area contributed by atoms with Crippen molar-refractivity contribution in [3.8, 4) is 0 Å². The number of urea groups is 1. The lowest BCUT2D eigenvalue weighted by molar-refractivity contribution is -0.140. The molecule has 9 nitrogen and oxygen atoms in total. The minimum Gasteiger partial charge on any atom is -0.480 e. The summed E-state index contributed by atoms with van der Waals surface area (Å²) < 4.78 is 5.23. The normalized spacial score (nSPS) is 17.0. The van der Waals surface area contributed by atoms with Crippen molar-refractivity contribution in [1.29, 1.82) is 0 Å². The van der Waals surface area contributed by atoms with Crippen molar-refractivity contribution < 1.29 is 24.2 Å². The van der Waals surface area contributed by atoms with E-state index in [4.69, 9.17) is 15.6 Å². The number of primary amides is 1. The van der Waals surface area contributed by atoms with E-state index < -0.39 is 30.4 Å². The van der Waals surface area contributed by atoms with Crippen molar-refractivity contribution in [3.63, 3.8) is 0 Å². The van der Waals surface area contributed by atoms with Crippen LogP contribution in [-0.2, 0) is 14.3 Å². The number of ether oxygens (including phenoxy) is 1. The molecule has 3 amide bonds. The van der Waals surface area contributed by atoms with Gasteiger partial charge in [0.25, 0.3) is 0 Å². The Morgan fingerprint density at radius 2 is 1.95 bits per heavy atom. The standard InChI is InChI=1S/C12H22N4O5/c13-10(17)8-9(11(18)19)15-12(20)14-2-1-3-16-4-6-21-7-5-16/h9H,1-8H2,(H2,13,17)(H,18,19)(H2,14,15,20). The van der Waals surface area contributed by atoms with Crippen molar-refractivity contribution in [1.82, 2.24) is 15.5 Å². The fourth-order valence-electron chi connectivity index (χ4n) is 1.94. The SMILES string of the molecule is NC(=O)CC(NC(=O)NCCCN1CCOCC1)C(=O)O. The van der Waals surface area contributed by atoms with Gasteiger partial charge in [0.2, 0.25) is 5.91 Å². The molecule has 9 heteroatoms. The van der Waals surface area contributed by atoms with E-state index in [1.165, 1.54) is 0 Å². The molecular formula is C12H22N4O5. The summed E-state index contributed by atoms with van der Waals surface area (Å²) in [5.41, 5.74) is 4.92. The number of amides is 3.